The molecule has 10 nitrogen and oxygen atoms in total. The summed E-state index contributed by atoms with van der Waals surface area (Å²) >= 11 is 0. The van der Waals surface area contributed by atoms with Crippen LogP contribution >= 0.6 is 0 Å². The molecule has 0 bridgehead atoms. The van der Waals surface area contributed by atoms with Gasteiger partial charge in [0, 0.05) is 42.5 Å². The Labute approximate surface area is 275 Å². The van der Waals surface area contributed by atoms with E-state index in [4.69, 9.17) is 14.5 Å². The monoisotopic (exact) mass is 663 g/mol. The summed E-state index contributed by atoms with van der Waals surface area (Å²) in [5, 5.41) is 4.41. The van der Waals surface area contributed by atoms with E-state index in [0.717, 1.165) is 18.4 Å². The van der Waals surface area contributed by atoms with Gasteiger partial charge in [0.05, 0.1) is 22.8 Å². The van der Waals surface area contributed by atoms with Crippen molar-refractivity contribution in [3.63, 3.8) is 0 Å². The Morgan fingerprint density at radius 3 is 2.60 bits per heavy atom. The number of anilines is 1. The molecule has 12 heteroatoms. The largest absolute Gasteiger partial charge is 0.444 e. The molecule has 250 valence electrons. The van der Waals surface area contributed by atoms with E-state index in [1.54, 1.807) is 47.6 Å². The fourth-order valence-electron chi connectivity index (χ4n) is 5.70. The third-order valence-electron chi connectivity index (χ3n) is 7.66. The number of hydrogen-bond acceptors (Lipinski definition) is 9. The number of carbonyl (C=O) groups excluding carboxylic acids is 1. The van der Waals surface area contributed by atoms with Gasteiger partial charge in [0.25, 0.3) is 0 Å². The lowest BCUT2D eigenvalue weighted by Crippen LogP contribution is -2.47. The molecule has 5 rings (SSSR count). The lowest BCUT2D eigenvalue weighted by atomic mass is 10.0. The van der Waals surface area contributed by atoms with Crippen LogP contribution in [0.5, 0.6) is 11.6 Å². The number of amides is 1. The molecule has 2 aromatic heterocycles. The van der Waals surface area contributed by atoms with E-state index in [-0.39, 0.29) is 35.2 Å². The quantitative estimate of drug-likeness (QED) is 0.196. The number of aromatic nitrogens is 3. The number of sulfone groups is 1. The zero-order valence-electron chi connectivity index (χ0n) is 27.7. The highest BCUT2D eigenvalue weighted by molar-refractivity contribution is 7.90. The Morgan fingerprint density at radius 2 is 1.85 bits per heavy atom. The maximum atomic E-state index is 15.1. The molecule has 0 unspecified atom stereocenters. The van der Waals surface area contributed by atoms with Crippen LogP contribution < -0.4 is 10.1 Å². The van der Waals surface area contributed by atoms with Crippen LogP contribution in [0.3, 0.4) is 0 Å². The fraction of sp³-hybridized carbons (Fsp3) is 0.429. The second kappa shape index (κ2) is 13.8. The standard InChI is InChI=1S/C35H42FN5O5S/c1-22(2)20-47(43,44)21-28-25-12-11-23(3)31(26(25)13-14-29(28)36)45-32-27(10-7-16-37-32)30-15-17-38-33(40-30)39-24-9-8-18-41(19-24)34(42)46-35(4,5)6/h7,10-17,22,24H,8-9,18-21H2,1-6H3,(H,38,39,40)/t24-/m0/s1. The maximum absolute atomic E-state index is 15.1. The maximum Gasteiger partial charge on any atom is 0.410 e. The van der Waals surface area contributed by atoms with Crippen LogP contribution in [0.15, 0.2) is 54.9 Å². The fourth-order valence-corrected chi connectivity index (χ4v) is 7.57. The third kappa shape index (κ3) is 8.54. The average Bonchev–Trinajstić information content (AvgIpc) is 2.99. The highest BCUT2D eigenvalue weighted by atomic mass is 32.2. The first-order valence-electron chi connectivity index (χ1n) is 15.8. The van der Waals surface area contributed by atoms with Gasteiger partial charge in [-0.1, -0.05) is 26.0 Å². The topological polar surface area (TPSA) is 124 Å². The number of pyridine rings is 1. The van der Waals surface area contributed by atoms with Crippen LogP contribution in [0.2, 0.25) is 0 Å². The molecule has 0 aliphatic carbocycles. The summed E-state index contributed by atoms with van der Waals surface area (Å²) < 4.78 is 52.8. The molecule has 4 aromatic rings. The predicted molar refractivity (Wildman–Crippen MR) is 181 cm³/mol. The van der Waals surface area contributed by atoms with Crippen LogP contribution in [0.25, 0.3) is 22.0 Å². The lowest BCUT2D eigenvalue weighted by Gasteiger charge is -2.34. The molecule has 0 saturated carbocycles. The van der Waals surface area contributed by atoms with Crippen LogP contribution in [0.1, 0.15) is 58.6 Å². The Bertz CT molecular complexity index is 1880. The van der Waals surface area contributed by atoms with Crippen LogP contribution in [-0.4, -0.2) is 64.8 Å². The molecule has 2 aromatic carbocycles. The number of halogens is 1. The van der Waals surface area contributed by atoms with Crippen molar-refractivity contribution in [1.82, 2.24) is 19.9 Å². The van der Waals surface area contributed by atoms with E-state index in [1.165, 1.54) is 6.07 Å². The number of piperidine rings is 1. The number of carbonyl (C=O) groups is 1. The van der Waals surface area contributed by atoms with Gasteiger partial charge in [0.2, 0.25) is 11.8 Å². The SMILES string of the molecule is Cc1ccc2c(CS(=O)(=O)CC(C)C)c(F)ccc2c1Oc1ncccc1-c1ccnc(N[C@H]2CCCN(C(=O)OC(C)(C)C)C2)n1. The van der Waals surface area contributed by atoms with Gasteiger partial charge in [0.15, 0.2) is 9.84 Å². The number of fused-ring (bicyclic) bond motifs is 1. The highest BCUT2D eigenvalue weighted by Crippen LogP contribution is 2.38. The number of aryl methyl sites for hydroxylation is 1. The third-order valence-corrected chi connectivity index (χ3v) is 9.56. The summed E-state index contributed by atoms with van der Waals surface area (Å²) in [6.07, 6.45) is 4.57. The molecule has 0 spiro atoms. The molecule has 1 N–H and O–H groups in total. The van der Waals surface area contributed by atoms with Gasteiger partial charge < -0.3 is 19.7 Å². The number of ether oxygens (including phenoxy) is 2. The summed E-state index contributed by atoms with van der Waals surface area (Å²) in [6, 6.07) is 11.7. The number of hydrogen-bond donors (Lipinski definition) is 1. The smallest absolute Gasteiger partial charge is 0.410 e. The molecule has 1 saturated heterocycles. The first kappa shape index (κ1) is 34.0. The Balaban J connectivity index is 1.41. The molecule has 1 fully saturated rings. The first-order valence-corrected chi connectivity index (χ1v) is 17.6. The molecular formula is C35H42FN5O5S. The van der Waals surface area contributed by atoms with E-state index < -0.39 is 27.0 Å². The van der Waals surface area contributed by atoms with Crippen molar-refractivity contribution in [1.29, 1.82) is 0 Å². The van der Waals surface area contributed by atoms with Gasteiger partial charge in [-0.2, -0.15) is 0 Å². The summed E-state index contributed by atoms with van der Waals surface area (Å²) in [6.45, 7) is 12.1. The molecule has 1 amide bonds. The number of rotatable bonds is 9. The zero-order chi connectivity index (χ0) is 33.9. The van der Waals surface area contributed by atoms with Crippen LogP contribution in [0.4, 0.5) is 15.1 Å². The van der Waals surface area contributed by atoms with Crippen molar-refractivity contribution >= 4 is 32.7 Å². The van der Waals surface area contributed by atoms with E-state index in [9.17, 15) is 13.2 Å². The van der Waals surface area contributed by atoms with Crippen molar-refractivity contribution in [3.05, 3.63) is 71.8 Å². The van der Waals surface area contributed by atoms with Crippen LogP contribution in [0, 0.1) is 18.7 Å². The summed E-state index contributed by atoms with van der Waals surface area (Å²) in [4.78, 5) is 28.0. The average molecular weight is 664 g/mol. The number of nitrogens with one attached hydrogen (secondary N) is 1. The Hall–Kier alpha value is -4.32. The van der Waals surface area contributed by atoms with Gasteiger partial charge in [-0.3, -0.25) is 0 Å². The number of likely N-dealkylation sites (tertiary alicyclic amines) is 1. The minimum Gasteiger partial charge on any atom is -0.444 e. The predicted octanol–water partition coefficient (Wildman–Crippen LogP) is 7.31. The van der Waals surface area contributed by atoms with Gasteiger partial charge in [-0.05, 0) is 87.7 Å². The Morgan fingerprint density at radius 1 is 1.09 bits per heavy atom. The second-order valence-electron chi connectivity index (χ2n) is 13.4. The summed E-state index contributed by atoms with van der Waals surface area (Å²) in [5.41, 5.74) is 1.49. The van der Waals surface area contributed by atoms with Crippen molar-refractivity contribution in [3.8, 4) is 22.9 Å². The lowest BCUT2D eigenvalue weighted by molar-refractivity contribution is 0.0206. The molecule has 1 aliphatic rings. The molecule has 47 heavy (non-hydrogen) atoms. The zero-order valence-corrected chi connectivity index (χ0v) is 28.5. The van der Waals surface area contributed by atoms with E-state index in [2.05, 4.69) is 15.3 Å². The van der Waals surface area contributed by atoms with E-state index in [0.29, 0.717) is 46.8 Å². The van der Waals surface area contributed by atoms with Crippen molar-refractivity contribution in [2.75, 3.05) is 24.2 Å². The minimum atomic E-state index is -3.54. The molecule has 1 aliphatic heterocycles. The van der Waals surface area contributed by atoms with Gasteiger partial charge in [0.1, 0.15) is 17.2 Å². The molecule has 0 radical (unpaired) electrons. The van der Waals surface area contributed by atoms with E-state index >= 15 is 4.39 Å². The summed E-state index contributed by atoms with van der Waals surface area (Å²) in [5.74, 6) is 0.0338. The van der Waals surface area contributed by atoms with Gasteiger partial charge in [-0.15, -0.1) is 0 Å². The van der Waals surface area contributed by atoms with Crippen LogP contribution in [-0.2, 0) is 20.3 Å². The normalized spacial score (nSPS) is 15.6. The summed E-state index contributed by atoms with van der Waals surface area (Å²) in [7, 11) is -3.54. The highest BCUT2D eigenvalue weighted by Gasteiger charge is 2.28. The van der Waals surface area contributed by atoms with Crippen molar-refractivity contribution < 1.29 is 27.1 Å². The van der Waals surface area contributed by atoms with Crippen molar-refractivity contribution in [2.45, 2.75) is 71.8 Å². The molecule has 3 heterocycles. The number of nitrogens with zero attached hydrogens (tertiary/aromatic N) is 4. The van der Waals surface area contributed by atoms with Gasteiger partial charge in [-0.25, -0.2) is 32.6 Å². The molecule has 1 atom stereocenters. The minimum absolute atomic E-state index is 0.0339. The molecular weight excluding hydrogens is 621 g/mol. The number of benzene rings is 2. The van der Waals surface area contributed by atoms with Crippen molar-refractivity contribution in [2.24, 2.45) is 5.92 Å². The van der Waals surface area contributed by atoms with Gasteiger partial charge >= 0.3 is 6.09 Å². The first-order chi connectivity index (χ1) is 22.2. The van der Waals surface area contributed by atoms with E-state index in [1.807, 2.05) is 47.6 Å². The Kier molecular flexibility index (Phi) is 10.00. The second-order valence-corrected chi connectivity index (χ2v) is 15.5.